The maximum Gasteiger partial charge on any atom is 0.249 e. The Balaban J connectivity index is 1.76. The lowest BCUT2D eigenvalue weighted by atomic mass is 9.79. The number of rotatable bonds is 4. The highest BCUT2D eigenvalue weighted by Crippen LogP contribution is 2.34. The van der Waals surface area contributed by atoms with Crippen LogP contribution in [-0.4, -0.2) is 35.5 Å². The van der Waals surface area contributed by atoms with Crippen LogP contribution in [0.3, 0.4) is 0 Å². The number of benzene rings is 1. The van der Waals surface area contributed by atoms with Crippen LogP contribution in [0.4, 0.5) is 5.69 Å². The minimum Gasteiger partial charge on any atom is -0.325 e. The Bertz CT molecular complexity index is 707. The molecule has 6 nitrogen and oxygen atoms in total. The van der Waals surface area contributed by atoms with Gasteiger partial charge in [-0.1, -0.05) is 31.0 Å². The van der Waals surface area contributed by atoms with Gasteiger partial charge in [0.25, 0.3) is 0 Å². The second kappa shape index (κ2) is 6.83. The molecule has 1 saturated carbocycles. The largest absolute Gasteiger partial charge is 0.325 e. The monoisotopic (exact) mass is 324 g/mol. The van der Waals surface area contributed by atoms with E-state index in [0.29, 0.717) is 11.4 Å². The average molecular weight is 324 g/mol. The molecule has 0 aromatic heterocycles. The second-order valence-corrected chi connectivity index (χ2v) is 6.30. The van der Waals surface area contributed by atoms with Crippen molar-refractivity contribution in [1.82, 2.24) is 5.01 Å². The van der Waals surface area contributed by atoms with E-state index in [1.54, 1.807) is 24.3 Å². The lowest BCUT2D eigenvalue weighted by Gasteiger charge is -2.29. The van der Waals surface area contributed by atoms with Crippen molar-refractivity contribution in [1.29, 1.82) is 5.26 Å². The zero-order valence-corrected chi connectivity index (χ0v) is 13.6. The summed E-state index contributed by atoms with van der Waals surface area (Å²) in [7, 11) is 1.86. The quantitative estimate of drug-likeness (QED) is 0.860. The van der Waals surface area contributed by atoms with Crippen LogP contribution in [0, 0.1) is 23.2 Å². The highest BCUT2D eigenvalue weighted by atomic mass is 16.2. The van der Waals surface area contributed by atoms with Crippen molar-refractivity contribution in [3.63, 3.8) is 0 Å². The summed E-state index contributed by atoms with van der Waals surface area (Å²) in [6.07, 6.45) is 4.06. The normalized spacial score (nSPS) is 23.7. The number of nitrogens with zero attached hydrogens (tertiary/aromatic N) is 3. The molecule has 1 amide bonds. The molecule has 1 aliphatic heterocycles. The van der Waals surface area contributed by atoms with Crippen molar-refractivity contribution in [2.75, 3.05) is 12.4 Å². The highest BCUT2D eigenvalue weighted by molar-refractivity contribution is 6.46. The van der Waals surface area contributed by atoms with Gasteiger partial charge in [0.1, 0.15) is 5.71 Å². The summed E-state index contributed by atoms with van der Waals surface area (Å²) < 4.78 is 0. The average Bonchev–Trinajstić information content (AvgIpc) is 2.94. The predicted molar refractivity (Wildman–Crippen MR) is 90.1 cm³/mol. The predicted octanol–water partition coefficient (Wildman–Crippen LogP) is 2.19. The molecule has 0 spiro atoms. The Kier molecular flexibility index (Phi) is 4.61. The zero-order valence-electron chi connectivity index (χ0n) is 13.6. The van der Waals surface area contributed by atoms with Gasteiger partial charge in [0.15, 0.2) is 5.92 Å². The molecule has 0 bridgehead atoms. The van der Waals surface area contributed by atoms with Crippen molar-refractivity contribution in [3.05, 3.63) is 30.3 Å². The Morgan fingerprint density at radius 2 is 2.00 bits per heavy atom. The van der Waals surface area contributed by atoms with Gasteiger partial charge in [-0.05, 0) is 25.0 Å². The van der Waals surface area contributed by atoms with Crippen LogP contribution in [0.25, 0.3) is 0 Å². The van der Waals surface area contributed by atoms with Crippen LogP contribution in [0.5, 0.6) is 0 Å². The van der Waals surface area contributed by atoms with Crippen LogP contribution in [0.1, 0.15) is 25.7 Å². The van der Waals surface area contributed by atoms with Crippen LogP contribution in [0.15, 0.2) is 35.4 Å². The molecule has 1 heterocycles. The summed E-state index contributed by atoms with van der Waals surface area (Å²) in [6.45, 7) is 0. The van der Waals surface area contributed by atoms with E-state index >= 15 is 0 Å². The highest BCUT2D eigenvalue weighted by Gasteiger charge is 2.43. The van der Waals surface area contributed by atoms with Gasteiger partial charge in [0.05, 0.1) is 12.1 Å². The van der Waals surface area contributed by atoms with Crippen LogP contribution < -0.4 is 5.32 Å². The number of Topliss-reactive ketones (excluding diaryl/α,β-unsaturated/α-hetero) is 1. The molecule has 6 heteroatoms. The van der Waals surface area contributed by atoms with Gasteiger partial charge < -0.3 is 5.32 Å². The van der Waals surface area contributed by atoms with Crippen molar-refractivity contribution < 1.29 is 9.59 Å². The van der Waals surface area contributed by atoms with Gasteiger partial charge in [0.2, 0.25) is 11.7 Å². The van der Waals surface area contributed by atoms with E-state index in [0.717, 1.165) is 25.7 Å². The van der Waals surface area contributed by atoms with Crippen LogP contribution in [-0.2, 0) is 9.59 Å². The molecule has 24 heavy (non-hydrogen) atoms. The minimum atomic E-state index is -1.36. The van der Waals surface area contributed by atoms with Crippen LogP contribution >= 0.6 is 0 Å². The number of amides is 1. The molecule has 3 atom stereocenters. The van der Waals surface area contributed by atoms with Crippen molar-refractivity contribution >= 4 is 23.1 Å². The van der Waals surface area contributed by atoms with Crippen molar-refractivity contribution in [2.45, 2.75) is 31.7 Å². The van der Waals surface area contributed by atoms with Gasteiger partial charge >= 0.3 is 0 Å². The standard InChI is InChI=1S/C18H20N4O2/c1-22-15-10-6-5-9-13(15)16(21-22)17(23)14(11-19)18(24)20-12-7-3-2-4-8-12/h2-4,7-8,13-15H,5-6,9-10H2,1H3,(H,20,24). The minimum absolute atomic E-state index is 0.0385. The Labute approximate surface area is 141 Å². The van der Waals surface area contributed by atoms with E-state index in [1.165, 1.54) is 0 Å². The second-order valence-electron chi connectivity index (χ2n) is 6.30. The van der Waals surface area contributed by atoms with E-state index < -0.39 is 17.6 Å². The lowest BCUT2D eigenvalue weighted by molar-refractivity contribution is -0.125. The number of carbonyl (C=O) groups excluding carboxylic acids is 2. The van der Waals surface area contributed by atoms with E-state index in [2.05, 4.69) is 10.4 Å². The summed E-state index contributed by atoms with van der Waals surface area (Å²) in [4.78, 5) is 25.1. The first-order valence-electron chi connectivity index (χ1n) is 8.23. The first-order valence-corrected chi connectivity index (χ1v) is 8.23. The molecule has 1 aliphatic carbocycles. The Morgan fingerprint density at radius 1 is 1.29 bits per heavy atom. The van der Waals surface area contributed by atoms with Gasteiger partial charge in [-0.25, -0.2) is 0 Å². The summed E-state index contributed by atoms with van der Waals surface area (Å²) >= 11 is 0. The molecule has 2 aliphatic rings. The maximum atomic E-state index is 12.8. The topological polar surface area (TPSA) is 85.6 Å². The third-order valence-corrected chi connectivity index (χ3v) is 4.77. The molecule has 0 radical (unpaired) electrons. The number of ketones is 1. The Hall–Kier alpha value is -2.68. The zero-order chi connectivity index (χ0) is 17.1. The first-order chi connectivity index (χ1) is 11.6. The summed E-state index contributed by atoms with van der Waals surface area (Å²) in [5.41, 5.74) is 0.952. The number of nitriles is 1. The molecular formula is C18H20N4O2. The molecule has 1 fully saturated rings. The molecule has 124 valence electrons. The number of carbonyl (C=O) groups is 2. The molecule has 1 aromatic rings. The molecule has 3 unspecified atom stereocenters. The third-order valence-electron chi connectivity index (χ3n) is 4.77. The molecule has 0 saturated heterocycles. The number of fused-ring (bicyclic) bond motifs is 1. The fourth-order valence-electron chi connectivity index (χ4n) is 3.55. The number of para-hydroxylation sites is 1. The van der Waals surface area contributed by atoms with E-state index in [1.807, 2.05) is 24.2 Å². The van der Waals surface area contributed by atoms with E-state index in [9.17, 15) is 14.9 Å². The van der Waals surface area contributed by atoms with Crippen molar-refractivity contribution in [2.24, 2.45) is 16.9 Å². The Morgan fingerprint density at radius 3 is 2.71 bits per heavy atom. The maximum absolute atomic E-state index is 12.8. The molecular weight excluding hydrogens is 304 g/mol. The summed E-state index contributed by atoms with van der Waals surface area (Å²) in [5.74, 6) is -2.39. The smallest absolute Gasteiger partial charge is 0.249 e. The van der Waals surface area contributed by atoms with Crippen LogP contribution in [0.2, 0.25) is 0 Å². The van der Waals surface area contributed by atoms with Gasteiger partial charge in [-0.2, -0.15) is 10.4 Å². The fourth-order valence-corrected chi connectivity index (χ4v) is 3.55. The fraction of sp³-hybridized carbons (Fsp3) is 0.444. The SMILES string of the molecule is CN1N=C(C(=O)C(C#N)C(=O)Nc2ccccc2)C2CCCCC21. The van der Waals surface area contributed by atoms with E-state index in [-0.39, 0.29) is 12.0 Å². The number of nitrogens with one attached hydrogen (secondary N) is 1. The van der Waals surface area contributed by atoms with Gasteiger partial charge in [0, 0.05) is 18.7 Å². The third kappa shape index (κ3) is 3.02. The van der Waals surface area contributed by atoms with Gasteiger partial charge in [-0.3, -0.25) is 14.6 Å². The molecule has 3 rings (SSSR count). The number of anilines is 1. The number of hydrogen-bond donors (Lipinski definition) is 1. The van der Waals surface area contributed by atoms with Gasteiger partial charge in [-0.15, -0.1) is 0 Å². The van der Waals surface area contributed by atoms with Crippen molar-refractivity contribution in [3.8, 4) is 6.07 Å². The number of hydrazone groups is 1. The summed E-state index contributed by atoms with van der Waals surface area (Å²) in [5, 5.41) is 18.2. The first kappa shape index (κ1) is 16.2. The number of hydrogen-bond acceptors (Lipinski definition) is 5. The van der Waals surface area contributed by atoms with E-state index in [4.69, 9.17) is 0 Å². The molecule has 1 N–H and O–H groups in total. The molecule has 1 aromatic carbocycles. The summed E-state index contributed by atoms with van der Waals surface area (Å²) in [6, 6.07) is 10.9. The lowest BCUT2D eigenvalue weighted by Crippen LogP contribution is -2.39.